The van der Waals surface area contributed by atoms with Crippen LogP contribution in [0.15, 0.2) is 41.8 Å². The highest BCUT2D eigenvalue weighted by Gasteiger charge is 2.22. The Morgan fingerprint density at radius 3 is 2.64 bits per heavy atom. The van der Waals surface area contributed by atoms with Gasteiger partial charge >= 0.3 is 0 Å². The zero-order chi connectivity index (χ0) is 16.8. The summed E-state index contributed by atoms with van der Waals surface area (Å²) in [6.07, 6.45) is 4.44. The second-order valence-electron chi connectivity index (χ2n) is 4.56. The van der Waals surface area contributed by atoms with Crippen molar-refractivity contribution >= 4 is 22.0 Å². The predicted molar refractivity (Wildman–Crippen MR) is 86.1 cm³/mol. The Bertz CT molecular complexity index is 679. The van der Waals surface area contributed by atoms with Crippen molar-refractivity contribution in [3.63, 3.8) is 0 Å². The molecule has 0 unspecified atom stereocenters. The van der Waals surface area contributed by atoms with Crippen molar-refractivity contribution in [3.8, 4) is 5.75 Å². The quantitative estimate of drug-likeness (QED) is 0.605. The first kappa shape index (κ1) is 17.9. The fourth-order valence-electron chi connectivity index (χ4n) is 1.60. The number of rotatable bonds is 7. The minimum atomic E-state index is -3.63. The van der Waals surface area contributed by atoms with Crippen molar-refractivity contribution in [1.82, 2.24) is 9.62 Å². The van der Waals surface area contributed by atoms with Crippen LogP contribution in [0.4, 0.5) is 0 Å². The molecule has 0 aliphatic rings. The number of nitrogens with zero attached hydrogens (tertiary/aromatic N) is 1. The number of ether oxygens (including phenoxy) is 1. The van der Waals surface area contributed by atoms with Crippen molar-refractivity contribution in [2.45, 2.75) is 4.90 Å². The van der Waals surface area contributed by atoms with Gasteiger partial charge in [-0.15, -0.1) is 6.58 Å². The fourth-order valence-corrected chi connectivity index (χ4v) is 2.68. The monoisotopic (exact) mass is 324 g/mol. The van der Waals surface area contributed by atoms with Crippen molar-refractivity contribution in [2.75, 3.05) is 27.7 Å². The van der Waals surface area contributed by atoms with Crippen LogP contribution in [0, 0.1) is 0 Å². The molecule has 0 radical (unpaired) electrons. The second kappa shape index (κ2) is 7.77. The van der Waals surface area contributed by atoms with E-state index >= 15 is 0 Å². The van der Waals surface area contributed by atoms with Crippen molar-refractivity contribution in [1.29, 1.82) is 0 Å². The van der Waals surface area contributed by atoms with Crippen LogP contribution in [0.1, 0.15) is 5.56 Å². The molecule has 0 fully saturated rings. The van der Waals surface area contributed by atoms with Gasteiger partial charge in [0.25, 0.3) is 0 Å². The number of hydrogen-bond donors (Lipinski definition) is 1. The molecule has 0 aromatic heterocycles. The van der Waals surface area contributed by atoms with Crippen LogP contribution in [0.25, 0.3) is 6.08 Å². The third-order valence-electron chi connectivity index (χ3n) is 2.79. The molecule has 0 bridgehead atoms. The molecule has 1 aromatic rings. The van der Waals surface area contributed by atoms with E-state index in [0.29, 0.717) is 12.1 Å². The van der Waals surface area contributed by atoms with E-state index in [-0.39, 0.29) is 16.6 Å². The van der Waals surface area contributed by atoms with E-state index < -0.39 is 10.0 Å². The maximum atomic E-state index is 12.3. The van der Waals surface area contributed by atoms with E-state index in [4.69, 9.17) is 4.74 Å². The molecule has 7 heteroatoms. The Kier molecular flexibility index (Phi) is 6.33. The van der Waals surface area contributed by atoms with Crippen LogP contribution in [0.3, 0.4) is 0 Å². The smallest absolute Gasteiger partial charge is 0.246 e. The molecule has 0 saturated heterocycles. The Hall–Kier alpha value is -2.12. The summed E-state index contributed by atoms with van der Waals surface area (Å²) in [6.45, 7) is 3.87. The van der Waals surface area contributed by atoms with Gasteiger partial charge in [-0.3, -0.25) is 4.79 Å². The second-order valence-corrected chi connectivity index (χ2v) is 6.69. The van der Waals surface area contributed by atoms with Gasteiger partial charge in [0.2, 0.25) is 15.9 Å². The molecule has 1 N–H and O–H groups in total. The van der Waals surface area contributed by atoms with Crippen molar-refractivity contribution < 1.29 is 17.9 Å². The predicted octanol–water partition coefficient (Wildman–Crippen LogP) is 1.26. The van der Waals surface area contributed by atoms with Gasteiger partial charge in [0.05, 0.1) is 7.11 Å². The molecule has 22 heavy (non-hydrogen) atoms. The minimum Gasteiger partial charge on any atom is -0.495 e. The van der Waals surface area contributed by atoms with E-state index in [9.17, 15) is 13.2 Å². The third-order valence-corrected chi connectivity index (χ3v) is 4.63. The number of nitrogens with one attached hydrogen (secondary N) is 1. The summed E-state index contributed by atoms with van der Waals surface area (Å²) in [6, 6.07) is 4.69. The van der Waals surface area contributed by atoms with Crippen LogP contribution < -0.4 is 10.1 Å². The van der Waals surface area contributed by atoms with Gasteiger partial charge in [-0.1, -0.05) is 12.1 Å². The summed E-state index contributed by atoms with van der Waals surface area (Å²) in [5.74, 6) is -0.0327. The molecule has 0 spiro atoms. The number of sulfonamides is 1. The third kappa shape index (κ3) is 4.44. The van der Waals surface area contributed by atoms with E-state index in [0.717, 1.165) is 4.31 Å². The summed E-state index contributed by atoms with van der Waals surface area (Å²) in [4.78, 5) is 11.5. The van der Waals surface area contributed by atoms with Gasteiger partial charge in [-0.2, -0.15) is 0 Å². The maximum Gasteiger partial charge on any atom is 0.246 e. The number of amides is 1. The highest BCUT2D eigenvalue weighted by atomic mass is 32.2. The van der Waals surface area contributed by atoms with Crippen LogP contribution in [0.2, 0.25) is 0 Å². The van der Waals surface area contributed by atoms with E-state index in [1.165, 1.54) is 39.4 Å². The molecule has 1 amide bonds. The summed E-state index contributed by atoms with van der Waals surface area (Å²) >= 11 is 0. The number of carbonyl (C=O) groups is 1. The first-order chi connectivity index (χ1) is 10.3. The van der Waals surface area contributed by atoms with Gasteiger partial charge in [-0.05, 0) is 23.8 Å². The molecule has 6 nitrogen and oxygen atoms in total. The van der Waals surface area contributed by atoms with E-state index in [1.807, 2.05) is 0 Å². The lowest BCUT2D eigenvalue weighted by atomic mass is 10.2. The summed E-state index contributed by atoms with van der Waals surface area (Å²) in [7, 11) is 0.660. The largest absolute Gasteiger partial charge is 0.495 e. The molecule has 0 heterocycles. The highest BCUT2D eigenvalue weighted by molar-refractivity contribution is 7.89. The van der Waals surface area contributed by atoms with Gasteiger partial charge in [0.1, 0.15) is 10.6 Å². The first-order valence-corrected chi connectivity index (χ1v) is 7.94. The zero-order valence-electron chi connectivity index (χ0n) is 12.9. The Balaban J connectivity index is 3.13. The molecule has 120 valence electrons. The highest BCUT2D eigenvalue weighted by Crippen LogP contribution is 2.27. The number of hydrogen-bond acceptors (Lipinski definition) is 4. The zero-order valence-corrected chi connectivity index (χ0v) is 13.7. The molecule has 0 aliphatic carbocycles. The molecule has 1 aromatic carbocycles. The van der Waals surface area contributed by atoms with Crippen molar-refractivity contribution in [2.24, 2.45) is 0 Å². The SMILES string of the molecule is C=CCNC(=O)/C=C/c1ccc(OC)c(S(=O)(=O)N(C)C)c1. The minimum absolute atomic E-state index is 0.0497. The van der Waals surface area contributed by atoms with Crippen LogP contribution in [0.5, 0.6) is 5.75 Å². The lowest BCUT2D eigenvalue weighted by Gasteiger charge is -2.14. The van der Waals surface area contributed by atoms with Crippen LogP contribution in [-0.4, -0.2) is 46.4 Å². The number of methoxy groups -OCH3 is 1. The first-order valence-electron chi connectivity index (χ1n) is 6.50. The van der Waals surface area contributed by atoms with E-state index in [1.54, 1.807) is 18.2 Å². The molecule has 0 aliphatic heterocycles. The lowest BCUT2D eigenvalue weighted by molar-refractivity contribution is -0.116. The van der Waals surface area contributed by atoms with Crippen LogP contribution in [-0.2, 0) is 14.8 Å². The standard InChI is InChI=1S/C15H20N2O4S/c1-5-10-16-15(18)9-7-12-6-8-13(21-4)14(11-12)22(19,20)17(2)3/h5-9,11H,1,10H2,2-4H3,(H,16,18)/b9-7+. The molecule has 0 atom stereocenters. The number of benzene rings is 1. The van der Waals surface area contributed by atoms with Gasteiger partial charge < -0.3 is 10.1 Å². The van der Waals surface area contributed by atoms with Crippen LogP contribution >= 0.6 is 0 Å². The Morgan fingerprint density at radius 2 is 2.09 bits per heavy atom. The lowest BCUT2D eigenvalue weighted by Crippen LogP contribution is -2.23. The normalized spacial score (nSPS) is 11.6. The van der Waals surface area contributed by atoms with E-state index in [2.05, 4.69) is 11.9 Å². The maximum absolute atomic E-state index is 12.3. The average Bonchev–Trinajstić information content (AvgIpc) is 2.50. The molecular weight excluding hydrogens is 304 g/mol. The molecule has 0 saturated carbocycles. The van der Waals surface area contributed by atoms with Gasteiger partial charge in [0.15, 0.2) is 0 Å². The van der Waals surface area contributed by atoms with Gasteiger partial charge in [-0.25, -0.2) is 12.7 Å². The summed E-state index contributed by atoms with van der Waals surface area (Å²) in [5, 5.41) is 2.59. The number of carbonyl (C=O) groups excluding carboxylic acids is 1. The average molecular weight is 324 g/mol. The Labute approximate surface area is 131 Å². The summed E-state index contributed by atoms with van der Waals surface area (Å²) in [5.41, 5.74) is 0.579. The van der Waals surface area contributed by atoms with Crippen molar-refractivity contribution in [3.05, 3.63) is 42.5 Å². The summed E-state index contributed by atoms with van der Waals surface area (Å²) < 4.78 is 30.8. The Morgan fingerprint density at radius 1 is 1.41 bits per heavy atom. The molecular formula is C15H20N2O4S. The topological polar surface area (TPSA) is 75.7 Å². The fraction of sp³-hybridized carbons (Fsp3) is 0.267. The van der Waals surface area contributed by atoms with Gasteiger partial charge in [0, 0.05) is 26.7 Å². The molecule has 1 rings (SSSR count).